The van der Waals surface area contributed by atoms with Crippen LogP contribution in [0.3, 0.4) is 0 Å². The third-order valence-corrected chi connectivity index (χ3v) is 6.82. The van der Waals surface area contributed by atoms with Crippen LogP contribution in [-0.4, -0.2) is 47.3 Å². The van der Waals surface area contributed by atoms with Gasteiger partial charge in [-0.15, -0.1) is 0 Å². The molecule has 1 atom stereocenters. The smallest absolute Gasteiger partial charge is 0.326 e. The molecule has 0 spiro atoms. The number of hydrogen-bond donors (Lipinski definition) is 3. The maximum atomic E-state index is 13.9. The molecule has 9 heteroatoms. The number of carboxylic acid groups (broad SMARTS) is 1. The first kappa shape index (κ1) is 24.4. The Morgan fingerprint density at radius 1 is 1.29 bits per heavy atom. The van der Waals surface area contributed by atoms with Crippen LogP contribution in [0.2, 0.25) is 5.02 Å². The number of nitrogens with zero attached hydrogens (tertiary/aromatic N) is 1. The number of carbonyl (C=O) groups is 2. The number of aliphatic carboxylic acids is 1. The van der Waals surface area contributed by atoms with E-state index in [9.17, 15) is 19.1 Å². The highest BCUT2D eigenvalue weighted by atomic mass is 35.5. The molecule has 0 radical (unpaired) electrons. The normalized spacial score (nSPS) is 19.9. The van der Waals surface area contributed by atoms with Crippen LogP contribution in [0.25, 0.3) is 0 Å². The lowest BCUT2D eigenvalue weighted by Gasteiger charge is -2.35. The number of pyridine rings is 1. The van der Waals surface area contributed by atoms with E-state index in [2.05, 4.69) is 22.8 Å². The minimum atomic E-state index is -1.21. The van der Waals surface area contributed by atoms with Gasteiger partial charge in [0.05, 0.1) is 16.7 Å². The van der Waals surface area contributed by atoms with Crippen molar-refractivity contribution in [2.45, 2.75) is 57.1 Å². The molecule has 7 nitrogen and oxygen atoms in total. The largest absolute Gasteiger partial charge is 0.480 e. The van der Waals surface area contributed by atoms with Crippen molar-refractivity contribution in [1.29, 1.82) is 0 Å². The lowest BCUT2D eigenvalue weighted by Crippen LogP contribution is -2.42. The van der Waals surface area contributed by atoms with Gasteiger partial charge in [0.1, 0.15) is 17.7 Å². The summed E-state index contributed by atoms with van der Waals surface area (Å²) >= 11 is 5.89. The highest BCUT2D eigenvalue weighted by Gasteiger charge is 2.30. The van der Waals surface area contributed by atoms with Crippen molar-refractivity contribution >= 4 is 29.3 Å². The molecule has 0 bridgehead atoms. The lowest BCUT2D eigenvalue weighted by atomic mass is 9.79. The minimum absolute atomic E-state index is 0.0692. The fraction of sp³-hybridized carbons (Fsp3) is 0.480. The van der Waals surface area contributed by atoms with Gasteiger partial charge in [-0.05, 0) is 68.2 Å². The lowest BCUT2D eigenvalue weighted by molar-refractivity contribution is -0.140. The molecule has 1 fully saturated rings. The summed E-state index contributed by atoms with van der Waals surface area (Å²) in [5, 5.41) is 15.1. The van der Waals surface area contributed by atoms with E-state index in [-0.39, 0.29) is 29.7 Å². The van der Waals surface area contributed by atoms with E-state index >= 15 is 0 Å². The summed E-state index contributed by atoms with van der Waals surface area (Å²) in [4.78, 5) is 28.6. The number of carboxylic acids is 1. The Morgan fingerprint density at radius 2 is 2.12 bits per heavy atom. The number of anilines is 1. The van der Waals surface area contributed by atoms with E-state index in [0.717, 1.165) is 62.6 Å². The molecular formula is C25H29ClFN3O4. The Labute approximate surface area is 203 Å². The summed E-state index contributed by atoms with van der Waals surface area (Å²) < 4.78 is 19.7. The van der Waals surface area contributed by atoms with Gasteiger partial charge in [0.15, 0.2) is 0 Å². The first-order chi connectivity index (χ1) is 16.4. The Morgan fingerprint density at radius 3 is 2.88 bits per heavy atom. The van der Waals surface area contributed by atoms with E-state index in [0.29, 0.717) is 5.92 Å². The maximum Gasteiger partial charge on any atom is 0.326 e. The number of carbonyl (C=O) groups excluding carboxylic acids is 1. The average molecular weight is 490 g/mol. The van der Waals surface area contributed by atoms with Gasteiger partial charge < -0.3 is 20.5 Å². The number of amides is 1. The van der Waals surface area contributed by atoms with Crippen molar-refractivity contribution in [2.24, 2.45) is 5.92 Å². The molecule has 182 valence electrons. The number of halogens is 2. The van der Waals surface area contributed by atoms with E-state index in [1.165, 1.54) is 17.7 Å². The monoisotopic (exact) mass is 489 g/mol. The fourth-order valence-corrected chi connectivity index (χ4v) is 4.71. The van der Waals surface area contributed by atoms with Crippen LogP contribution in [0, 0.1) is 11.7 Å². The van der Waals surface area contributed by atoms with Gasteiger partial charge in [-0.1, -0.05) is 23.7 Å². The molecule has 34 heavy (non-hydrogen) atoms. The Balaban J connectivity index is 1.17. The number of aryl methyl sites for hydroxylation is 2. The minimum Gasteiger partial charge on any atom is -0.480 e. The highest BCUT2D eigenvalue weighted by Crippen LogP contribution is 2.34. The second kappa shape index (κ2) is 11.1. The van der Waals surface area contributed by atoms with Crippen molar-refractivity contribution in [3.8, 4) is 0 Å². The Kier molecular flexibility index (Phi) is 8.00. The van der Waals surface area contributed by atoms with Crippen LogP contribution >= 0.6 is 11.6 Å². The van der Waals surface area contributed by atoms with E-state index < -0.39 is 23.7 Å². The summed E-state index contributed by atoms with van der Waals surface area (Å²) in [5.74, 6) is -1.27. The molecule has 4 rings (SSSR count). The fourth-order valence-electron chi connectivity index (χ4n) is 4.46. The molecule has 0 saturated heterocycles. The first-order valence-electron chi connectivity index (χ1n) is 11.7. The van der Waals surface area contributed by atoms with Crippen LogP contribution in [0.5, 0.6) is 0 Å². The second-order valence-corrected chi connectivity index (χ2v) is 9.37. The Hall–Kier alpha value is -2.71. The first-order valence-corrected chi connectivity index (χ1v) is 12.1. The van der Waals surface area contributed by atoms with Crippen molar-refractivity contribution < 1.29 is 23.8 Å². The average Bonchev–Trinajstić information content (AvgIpc) is 2.78. The van der Waals surface area contributed by atoms with Crippen LogP contribution in [0.4, 0.5) is 10.2 Å². The van der Waals surface area contributed by atoms with Crippen molar-refractivity contribution in [3.63, 3.8) is 0 Å². The predicted octanol–water partition coefficient (Wildman–Crippen LogP) is 4.23. The highest BCUT2D eigenvalue weighted by molar-refractivity contribution is 6.33. The third kappa shape index (κ3) is 6.04. The van der Waals surface area contributed by atoms with Crippen molar-refractivity contribution in [2.75, 3.05) is 18.5 Å². The molecule has 3 N–H and O–H groups in total. The topological polar surface area (TPSA) is 101 Å². The molecule has 1 aliphatic heterocycles. The number of fused-ring (bicyclic) bond motifs is 1. The molecule has 2 aliphatic rings. The van der Waals surface area contributed by atoms with Crippen LogP contribution in [-0.2, 0) is 22.4 Å². The maximum absolute atomic E-state index is 13.9. The van der Waals surface area contributed by atoms with Gasteiger partial charge in [0, 0.05) is 25.3 Å². The SMILES string of the molecule is O=C(N[C@@H](CCO[C@H]1C[C@H](CCc2ccc3c(n2)NCCC3)C1)C(=O)O)c1c(F)cccc1Cl. The molecule has 2 heterocycles. The number of hydrogen-bond acceptors (Lipinski definition) is 5. The summed E-state index contributed by atoms with van der Waals surface area (Å²) in [5.41, 5.74) is 2.04. The van der Waals surface area contributed by atoms with Gasteiger partial charge in [-0.25, -0.2) is 14.2 Å². The molecule has 1 aromatic carbocycles. The second-order valence-electron chi connectivity index (χ2n) is 8.96. The number of benzene rings is 1. The molecular weight excluding hydrogens is 461 g/mol. The zero-order valence-electron chi connectivity index (χ0n) is 18.9. The Bertz CT molecular complexity index is 1020. The molecule has 2 aromatic rings. The van der Waals surface area contributed by atoms with Gasteiger partial charge in [-0.2, -0.15) is 0 Å². The van der Waals surface area contributed by atoms with Gasteiger partial charge in [-0.3, -0.25) is 4.79 Å². The summed E-state index contributed by atoms with van der Waals surface area (Å²) in [6.45, 7) is 1.17. The van der Waals surface area contributed by atoms with Gasteiger partial charge in [0.2, 0.25) is 0 Å². The van der Waals surface area contributed by atoms with Gasteiger partial charge in [0.25, 0.3) is 5.91 Å². The number of rotatable bonds is 10. The molecule has 0 unspecified atom stereocenters. The number of nitrogens with one attached hydrogen (secondary N) is 2. The van der Waals surface area contributed by atoms with E-state index in [1.807, 2.05) is 0 Å². The standard InChI is InChI=1S/C25H29ClFN3O4/c26-19-4-1-5-20(27)22(19)24(31)30-21(25(32)33)10-12-34-18-13-15(14-18)6-8-17-9-7-16-3-2-11-28-23(16)29-17/h1,4-5,7,9,15,18,21H,2-3,6,8,10-14H2,(H,28,29)(H,30,31)(H,32,33)/t15-,18-,21-/m0/s1. The van der Waals surface area contributed by atoms with E-state index in [1.54, 1.807) is 0 Å². The van der Waals surface area contributed by atoms with Crippen molar-refractivity contribution in [1.82, 2.24) is 10.3 Å². The number of aromatic nitrogens is 1. The van der Waals surface area contributed by atoms with Crippen LogP contribution < -0.4 is 10.6 Å². The summed E-state index contributed by atoms with van der Waals surface area (Å²) in [6, 6.07) is 6.96. The van der Waals surface area contributed by atoms with Crippen LogP contribution in [0.1, 0.15) is 53.7 Å². The summed E-state index contributed by atoms with van der Waals surface area (Å²) in [7, 11) is 0. The predicted molar refractivity (Wildman–Crippen MR) is 127 cm³/mol. The molecule has 1 aliphatic carbocycles. The molecule has 1 aromatic heterocycles. The van der Waals surface area contributed by atoms with Gasteiger partial charge >= 0.3 is 5.97 Å². The quantitative estimate of drug-likeness (QED) is 0.461. The van der Waals surface area contributed by atoms with E-state index in [4.69, 9.17) is 21.3 Å². The van der Waals surface area contributed by atoms with Crippen LogP contribution in [0.15, 0.2) is 30.3 Å². The zero-order chi connectivity index (χ0) is 24.1. The third-order valence-electron chi connectivity index (χ3n) is 6.51. The molecule has 1 amide bonds. The molecule has 1 saturated carbocycles. The number of ether oxygens (including phenoxy) is 1. The summed E-state index contributed by atoms with van der Waals surface area (Å²) in [6.07, 6.45) is 6.24. The zero-order valence-corrected chi connectivity index (χ0v) is 19.6. The van der Waals surface area contributed by atoms with Crippen molar-refractivity contribution in [3.05, 3.63) is 58.0 Å².